The molecule has 0 saturated carbocycles. The summed E-state index contributed by atoms with van der Waals surface area (Å²) in [5.74, 6) is -0.161. The van der Waals surface area contributed by atoms with Crippen molar-refractivity contribution in [2.75, 3.05) is 18.8 Å². The van der Waals surface area contributed by atoms with Crippen LogP contribution in [0, 0.1) is 5.92 Å². The molecule has 2 rings (SSSR count). The Balaban J connectivity index is 1.80. The topological polar surface area (TPSA) is 60.4 Å². The van der Waals surface area contributed by atoms with Crippen LogP contribution < -0.4 is 0 Å². The molecule has 0 radical (unpaired) electrons. The first-order chi connectivity index (χ1) is 8.53. The molecule has 0 N–H and O–H groups in total. The molecule has 0 aliphatic carbocycles. The highest BCUT2D eigenvalue weighted by Gasteiger charge is 2.20. The van der Waals surface area contributed by atoms with Crippen LogP contribution >= 0.6 is 0 Å². The molecule has 1 saturated heterocycles. The fourth-order valence-corrected chi connectivity index (χ4v) is 3.35. The van der Waals surface area contributed by atoms with Crippen LogP contribution in [0.2, 0.25) is 0 Å². The molecular formula is C13H18NO3S-. The molecule has 5 heteroatoms. The zero-order valence-corrected chi connectivity index (χ0v) is 11.1. The number of piperidine rings is 1. The first-order valence-electron chi connectivity index (χ1n) is 6.23. The second-order valence-corrected chi connectivity index (χ2v) is 6.38. The van der Waals surface area contributed by atoms with Crippen molar-refractivity contribution in [1.82, 2.24) is 4.90 Å². The summed E-state index contributed by atoms with van der Waals surface area (Å²) in [6, 6.07) is 10.2. The van der Waals surface area contributed by atoms with Crippen LogP contribution in [0.3, 0.4) is 0 Å². The molecule has 0 aromatic heterocycles. The largest absolute Gasteiger partial charge is 0.748 e. The molecule has 0 atom stereocenters. The van der Waals surface area contributed by atoms with Gasteiger partial charge in [0.05, 0.1) is 10.1 Å². The molecule has 1 heterocycles. The lowest BCUT2D eigenvalue weighted by atomic mass is 9.98. The fourth-order valence-electron chi connectivity index (χ4n) is 2.44. The van der Waals surface area contributed by atoms with Gasteiger partial charge < -0.3 is 4.55 Å². The van der Waals surface area contributed by atoms with Gasteiger partial charge in [0.25, 0.3) is 0 Å². The maximum absolute atomic E-state index is 10.7. The smallest absolute Gasteiger partial charge is 0.0948 e. The molecule has 100 valence electrons. The summed E-state index contributed by atoms with van der Waals surface area (Å²) in [7, 11) is -4.07. The average molecular weight is 268 g/mol. The minimum atomic E-state index is -4.07. The first-order valence-corrected chi connectivity index (χ1v) is 7.80. The highest BCUT2D eigenvalue weighted by molar-refractivity contribution is 7.85. The van der Waals surface area contributed by atoms with Crippen LogP contribution in [0.1, 0.15) is 18.4 Å². The van der Waals surface area contributed by atoms with E-state index in [9.17, 15) is 13.0 Å². The lowest BCUT2D eigenvalue weighted by Crippen LogP contribution is -2.35. The van der Waals surface area contributed by atoms with Gasteiger partial charge in [-0.05, 0) is 37.4 Å². The van der Waals surface area contributed by atoms with Crippen LogP contribution in [0.25, 0.3) is 0 Å². The maximum Gasteiger partial charge on any atom is 0.0948 e. The average Bonchev–Trinajstić information content (AvgIpc) is 2.31. The van der Waals surface area contributed by atoms with Gasteiger partial charge in [0, 0.05) is 12.3 Å². The Morgan fingerprint density at radius 2 is 1.78 bits per heavy atom. The zero-order chi connectivity index (χ0) is 13.0. The Labute approximate surface area is 108 Å². The van der Waals surface area contributed by atoms with Gasteiger partial charge in [-0.15, -0.1) is 0 Å². The molecule has 0 bridgehead atoms. The third kappa shape index (κ3) is 4.40. The van der Waals surface area contributed by atoms with Crippen LogP contribution in [0.15, 0.2) is 30.3 Å². The summed E-state index contributed by atoms with van der Waals surface area (Å²) in [5.41, 5.74) is 1.27. The number of rotatable bonds is 4. The Kier molecular flexibility index (Phi) is 4.37. The van der Waals surface area contributed by atoms with E-state index in [1.54, 1.807) is 0 Å². The van der Waals surface area contributed by atoms with Gasteiger partial charge in [-0.3, -0.25) is 4.90 Å². The lowest BCUT2D eigenvalue weighted by molar-refractivity contribution is 0.185. The van der Waals surface area contributed by atoms with Crippen LogP contribution in [-0.4, -0.2) is 36.7 Å². The predicted molar refractivity (Wildman–Crippen MR) is 69.0 cm³/mol. The third-order valence-corrected chi connectivity index (χ3v) is 4.28. The summed E-state index contributed by atoms with van der Waals surface area (Å²) in [5, 5.41) is 0. The number of hydrogen-bond acceptors (Lipinski definition) is 4. The highest BCUT2D eigenvalue weighted by atomic mass is 32.2. The number of nitrogens with zero attached hydrogens (tertiary/aromatic N) is 1. The van der Waals surface area contributed by atoms with E-state index < -0.39 is 10.1 Å². The molecule has 1 aliphatic heterocycles. The summed E-state index contributed by atoms with van der Waals surface area (Å²) >= 11 is 0. The predicted octanol–water partition coefficient (Wildman–Crippen LogP) is 1.44. The van der Waals surface area contributed by atoms with Crippen molar-refractivity contribution in [2.24, 2.45) is 5.92 Å². The van der Waals surface area contributed by atoms with Crippen molar-refractivity contribution in [2.45, 2.75) is 19.4 Å². The number of benzene rings is 1. The van der Waals surface area contributed by atoms with Gasteiger partial charge >= 0.3 is 0 Å². The fraction of sp³-hybridized carbons (Fsp3) is 0.538. The van der Waals surface area contributed by atoms with E-state index in [2.05, 4.69) is 17.0 Å². The van der Waals surface area contributed by atoms with Gasteiger partial charge in [0.2, 0.25) is 0 Å². The molecule has 0 unspecified atom stereocenters. The maximum atomic E-state index is 10.7. The second kappa shape index (κ2) is 5.82. The Bertz CT molecular complexity index is 464. The number of hydrogen-bond donors (Lipinski definition) is 0. The lowest BCUT2D eigenvalue weighted by Gasteiger charge is -2.32. The summed E-state index contributed by atoms with van der Waals surface area (Å²) in [6.07, 6.45) is 1.60. The third-order valence-electron chi connectivity index (χ3n) is 3.40. The van der Waals surface area contributed by atoms with Crippen LogP contribution in [0.5, 0.6) is 0 Å². The van der Waals surface area contributed by atoms with E-state index in [0.29, 0.717) is 0 Å². The molecule has 4 nitrogen and oxygen atoms in total. The van der Waals surface area contributed by atoms with Crippen molar-refractivity contribution in [1.29, 1.82) is 0 Å². The van der Waals surface area contributed by atoms with E-state index >= 15 is 0 Å². The van der Waals surface area contributed by atoms with Gasteiger partial charge in [-0.25, -0.2) is 8.42 Å². The van der Waals surface area contributed by atoms with Crippen molar-refractivity contribution in [3.63, 3.8) is 0 Å². The molecule has 0 spiro atoms. The van der Waals surface area contributed by atoms with E-state index in [-0.39, 0.29) is 11.7 Å². The Morgan fingerprint density at radius 1 is 1.17 bits per heavy atom. The molecule has 1 aromatic rings. The standard InChI is InChI=1S/C13H19NO3S/c15-18(16,17)11-13-6-8-14(9-7-13)10-12-4-2-1-3-5-12/h1-5,13H,6-11H2,(H,15,16,17)/p-1. The minimum absolute atomic E-state index is 0.0412. The van der Waals surface area contributed by atoms with Gasteiger partial charge in [-0.2, -0.15) is 0 Å². The van der Waals surface area contributed by atoms with E-state index in [4.69, 9.17) is 0 Å². The highest BCUT2D eigenvalue weighted by Crippen LogP contribution is 2.20. The first kappa shape index (κ1) is 13.5. The van der Waals surface area contributed by atoms with Crippen molar-refractivity contribution < 1.29 is 13.0 Å². The van der Waals surface area contributed by atoms with Gasteiger partial charge in [-0.1, -0.05) is 30.3 Å². The van der Waals surface area contributed by atoms with E-state index in [1.807, 2.05) is 18.2 Å². The molecule has 1 fully saturated rings. The van der Waals surface area contributed by atoms with Crippen LogP contribution in [0.4, 0.5) is 0 Å². The SMILES string of the molecule is O=S(=O)([O-])CC1CCN(Cc2ccccc2)CC1. The van der Waals surface area contributed by atoms with Crippen molar-refractivity contribution in [3.05, 3.63) is 35.9 Å². The Morgan fingerprint density at radius 3 is 2.33 bits per heavy atom. The molecular weight excluding hydrogens is 250 g/mol. The number of likely N-dealkylation sites (tertiary alicyclic amines) is 1. The van der Waals surface area contributed by atoms with Gasteiger partial charge in [0.15, 0.2) is 0 Å². The van der Waals surface area contributed by atoms with Crippen molar-refractivity contribution in [3.8, 4) is 0 Å². The van der Waals surface area contributed by atoms with E-state index in [1.165, 1.54) is 5.56 Å². The summed E-state index contributed by atoms with van der Waals surface area (Å²) in [6.45, 7) is 2.64. The monoisotopic (exact) mass is 268 g/mol. The molecule has 1 aliphatic rings. The minimum Gasteiger partial charge on any atom is -0.748 e. The Hall–Kier alpha value is -0.910. The van der Waals surface area contributed by atoms with Gasteiger partial charge in [0.1, 0.15) is 0 Å². The van der Waals surface area contributed by atoms with E-state index in [0.717, 1.165) is 32.5 Å². The second-order valence-electron chi connectivity index (χ2n) is 4.93. The zero-order valence-electron chi connectivity index (χ0n) is 10.3. The molecule has 0 amide bonds. The molecule has 18 heavy (non-hydrogen) atoms. The summed E-state index contributed by atoms with van der Waals surface area (Å²) < 4.78 is 32.1. The normalized spacial score (nSPS) is 18.9. The molecule has 1 aromatic carbocycles. The van der Waals surface area contributed by atoms with Crippen molar-refractivity contribution >= 4 is 10.1 Å². The van der Waals surface area contributed by atoms with Crippen LogP contribution in [-0.2, 0) is 16.7 Å². The quantitative estimate of drug-likeness (QED) is 0.775. The summed E-state index contributed by atoms with van der Waals surface area (Å²) in [4.78, 5) is 2.31.